The largest absolute Gasteiger partial charge is 0.468 e. The molecule has 1 unspecified atom stereocenters. The fraction of sp³-hybridized carbons (Fsp3) is 0.357. The van der Waals surface area contributed by atoms with Gasteiger partial charge < -0.3 is 4.42 Å². The van der Waals surface area contributed by atoms with Gasteiger partial charge in [0.1, 0.15) is 5.76 Å². The molecule has 0 radical (unpaired) electrons. The Bertz CT molecular complexity index is 493. The third-order valence-corrected chi connectivity index (χ3v) is 3.38. The number of aryl methyl sites for hydroxylation is 1. The van der Waals surface area contributed by atoms with Crippen molar-refractivity contribution in [2.24, 2.45) is 0 Å². The van der Waals surface area contributed by atoms with Crippen LogP contribution >= 0.6 is 0 Å². The zero-order valence-electron chi connectivity index (χ0n) is 9.89. The summed E-state index contributed by atoms with van der Waals surface area (Å²) >= 11 is 0. The summed E-state index contributed by atoms with van der Waals surface area (Å²) in [5, 5.41) is 3.58. The number of hydrogen-bond acceptors (Lipinski definition) is 3. The van der Waals surface area contributed by atoms with E-state index in [1.165, 1.54) is 11.3 Å². The molecule has 1 N–H and O–H groups in total. The van der Waals surface area contributed by atoms with Gasteiger partial charge in [-0.2, -0.15) is 0 Å². The third kappa shape index (κ3) is 1.98. The first kappa shape index (κ1) is 10.5. The lowest BCUT2D eigenvalue weighted by Crippen LogP contribution is -2.23. The van der Waals surface area contributed by atoms with Crippen LogP contribution in [0.5, 0.6) is 0 Å². The van der Waals surface area contributed by atoms with Crippen LogP contribution in [0.4, 0.5) is 0 Å². The SMILES string of the molecule is C[C@H](NC1CCc2cccnc21)c1ccco1. The van der Waals surface area contributed by atoms with Crippen molar-refractivity contribution < 1.29 is 4.42 Å². The van der Waals surface area contributed by atoms with E-state index in [0.29, 0.717) is 6.04 Å². The number of furan rings is 1. The van der Waals surface area contributed by atoms with Crippen LogP contribution in [-0.4, -0.2) is 4.98 Å². The fourth-order valence-corrected chi connectivity index (χ4v) is 2.50. The van der Waals surface area contributed by atoms with Crippen molar-refractivity contribution in [3.8, 4) is 0 Å². The lowest BCUT2D eigenvalue weighted by Gasteiger charge is -2.17. The van der Waals surface area contributed by atoms with E-state index in [1.54, 1.807) is 6.26 Å². The van der Waals surface area contributed by atoms with Gasteiger partial charge in [0.25, 0.3) is 0 Å². The molecule has 0 spiro atoms. The van der Waals surface area contributed by atoms with Crippen molar-refractivity contribution in [2.45, 2.75) is 31.8 Å². The number of fused-ring (bicyclic) bond motifs is 1. The van der Waals surface area contributed by atoms with Crippen LogP contribution in [0.15, 0.2) is 41.1 Å². The van der Waals surface area contributed by atoms with E-state index in [9.17, 15) is 0 Å². The average Bonchev–Trinajstić information content (AvgIpc) is 2.98. The van der Waals surface area contributed by atoms with Gasteiger partial charge in [-0.05, 0) is 43.5 Å². The maximum absolute atomic E-state index is 5.41. The molecule has 2 atom stereocenters. The molecule has 3 heteroatoms. The van der Waals surface area contributed by atoms with Crippen molar-refractivity contribution in [2.75, 3.05) is 0 Å². The lowest BCUT2D eigenvalue weighted by molar-refractivity contribution is 0.388. The van der Waals surface area contributed by atoms with Gasteiger partial charge >= 0.3 is 0 Å². The molecule has 17 heavy (non-hydrogen) atoms. The number of rotatable bonds is 3. The molecule has 0 saturated heterocycles. The van der Waals surface area contributed by atoms with Crippen LogP contribution in [0, 0.1) is 0 Å². The molecule has 3 rings (SSSR count). The molecule has 2 aromatic rings. The molecule has 3 nitrogen and oxygen atoms in total. The summed E-state index contributed by atoms with van der Waals surface area (Å²) in [7, 11) is 0. The highest BCUT2D eigenvalue weighted by Crippen LogP contribution is 2.31. The summed E-state index contributed by atoms with van der Waals surface area (Å²) in [6.45, 7) is 2.12. The van der Waals surface area contributed by atoms with Gasteiger partial charge in [0, 0.05) is 6.20 Å². The number of nitrogens with one attached hydrogen (secondary N) is 1. The second-order valence-electron chi connectivity index (χ2n) is 4.54. The Kier molecular flexibility index (Phi) is 2.69. The summed E-state index contributed by atoms with van der Waals surface area (Å²) < 4.78 is 5.41. The second-order valence-corrected chi connectivity index (χ2v) is 4.54. The van der Waals surface area contributed by atoms with Crippen LogP contribution in [0.3, 0.4) is 0 Å². The number of hydrogen-bond donors (Lipinski definition) is 1. The Balaban J connectivity index is 1.75. The molecule has 1 aliphatic rings. The molecule has 1 aliphatic carbocycles. The van der Waals surface area contributed by atoms with E-state index in [0.717, 1.165) is 18.6 Å². The quantitative estimate of drug-likeness (QED) is 0.877. The highest BCUT2D eigenvalue weighted by Gasteiger charge is 2.25. The minimum atomic E-state index is 0.225. The molecule has 0 aromatic carbocycles. The normalized spacial score (nSPS) is 20.2. The molecule has 0 amide bonds. The molecular weight excluding hydrogens is 212 g/mol. The molecule has 88 valence electrons. The van der Waals surface area contributed by atoms with Crippen molar-refractivity contribution in [1.82, 2.24) is 10.3 Å². The van der Waals surface area contributed by atoms with E-state index >= 15 is 0 Å². The summed E-state index contributed by atoms with van der Waals surface area (Å²) in [4.78, 5) is 4.48. The van der Waals surface area contributed by atoms with Gasteiger partial charge in [-0.25, -0.2) is 0 Å². The number of nitrogens with zero attached hydrogens (tertiary/aromatic N) is 1. The molecule has 0 saturated carbocycles. The molecule has 0 bridgehead atoms. The van der Waals surface area contributed by atoms with Crippen molar-refractivity contribution >= 4 is 0 Å². The Hall–Kier alpha value is -1.61. The fourth-order valence-electron chi connectivity index (χ4n) is 2.50. The highest BCUT2D eigenvalue weighted by atomic mass is 16.3. The predicted molar refractivity (Wildman–Crippen MR) is 65.6 cm³/mol. The van der Waals surface area contributed by atoms with Gasteiger partial charge in [-0.1, -0.05) is 6.07 Å². The van der Waals surface area contributed by atoms with Gasteiger partial charge in [-0.15, -0.1) is 0 Å². The summed E-state index contributed by atoms with van der Waals surface area (Å²) in [5.41, 5.74) is 2.57. The van der Waals surface area contributed by atoms with Crippen LogP contribution in [0.2, 0.25) is 0 Å². The smallest absolute Gasteiger partial charge is 0.120 e. The van der Waals surface area contributed by atoms with E-state index in [-0.39, 0.29) is 6.04 Å². The van der Waals surface area contributed by atoms with Crippen LogP contribution < -0.4 is 5.32 Å². The first-order valence-electron chi connectivity index (χ1n) is 6.08. The maximum atomic E-state index is 5.41. The third-order valence-electron chi connectivity index (χ3n) is 3.38. The molecule has 2 heterocycles. The maximum Gasteiger partial charge on any atom is 0.120 e. The zero-order chi connectivity index (χ0) is 11.7. The average molecular weight is 228 g/mol. The van der Waals surface area contributed by atoms with E-state index in [1.807, 2.05) is 24.4 Å². The van der Waals surface area contributed by atoms with Gasteiger partial charge in [0.15, 0.2) is 0 Å². The molecular formula is C14H16N2O. The summed E-state index contributed by atoms with van der Waals surface area (Å²) in [6.07, 6.45) is 5.83. The molecule has 0 aliphatic heterocycles. The molecule has 0 fully saturated rings. The van der Waals surface area contributed by atoms with Gasteiger partial charge in [-0.3, -0.25) is 10.3 Å². The van der Waals surface area contributed by atoms with E-state index in [2.05, 4.69) is 23.3 Å². The van der Waals surface area contributed by atoms with Crippen LogP contribution in [-0.2, 0) is 6.42 Å². The minimum absolute atomic E-state index is 0.225. The Morgan fingerprint density at radius 2 is 2.35 bits per heavy atom. The topological polar surface area (TPSA) is 38.1 Å². The monoisotopic (exact) mass is 228 g/mol. The highest BCUT2D eigenvalue weighted by molar-refractivity contribution is 5.28. The predicted octanol–water partition coefficient (Wildman–Crippen LogP) is 3.01. The van der Waals surface area contributed by atoms with Gasteiger partial charge in [0.2, 0.25) is 0 Å². The van der Waals surface area contributed by atoms with E-state index in [4.69, 9.17) is 4.42 Å². The van der Waals surface area contributed by atoms with Crippen molar-refractivity contribution in [3.63, 3.8) is 0 Å². The summed E-state index contributed by atoms with van der Waals surface area (Å²) in [6, 6.07) is 8.69. The Morgan fingerprint density at radius 1 is 1.41 bits per heavy atom. The Labute approximate surface area is 101 Å². The first-order valence-corrected chi connectivity index (χ1v) is 6.08. The molecule has 2 aromatic heterocycles. The minimum Gasteiger partial charge on any atom is -0.468 e. The summed E-state index contributed by atoms with van der Waals surface area (Å²) in [5.74, 6) is 0.981. The second kappa shape index (κ2) is 4.34. The van der Waals surface area contributed by atoms with Crippen LogP contribution in [0.25, 0.3) is 0 Å². The number of aromatic nitrogens is 1. The first-order chi connectivity index (χ1) is 8.34. The van der Waals surface area contributed by atoms with Crippen molar-refractivity contribution in [3.05, 3.63) is 53.7 Å². The zero-order valence-corrected chi connectivity index (χ0v) is 9.89. The number of pyridine rings is 1. The Morgan fingerprint density at radius 3 is 3.18 bits per heavy atom. The van der Waals surface area contributed by atoms with E-state index < -0.39 is 0 Å². The van der Waals surface area contributed by atoms with Crippen molar-refractivity contribution in [1.29, 1.82) is 0 Å². The lowest BCUT2D eigenvalue weighted by atomic mass is 10.1. The van der Waals surface area contributed by atoms with Crippen LogP contribution in [0.1, 0.15) is 42.4 Å². The standard InChI is InChI=1S/C14H16N2O/c1-10(13-5-3-9-17-13)16-12-7-6-11-4-2-8-15-14(11)12/h2-5,8-10,12,16H,6-7H2,1H3/t10-,12?/m0/s1. The van der Waals surface area contributed by atoms with Gasteiger partial charge in [0.05, 0.1) is 24.0 Å².